The van der Waals surface area contributed by atoms with E-state index < -0.39 is 0 Å². The summed E-state index contributed by atoms with van der Waals surface area (Å²) in [5.41, 5.74) is 1.27. The minimum absolute atomic E-state index is 0.365. The number of hydrogen-bond donors (Lipinski definition) is 0. The molecular weight excluding hydrogens is 300 g/mol. The van der Waals surface area contributed by atoms with E-state index in [-0.39, 0.29) is 5.79 Å². The van der Waals surface area contributed by atoms with Gasteiger partial charge in [0.05, 0.1) is 19.8 Å². The van der Waals surface area contributed by atoms with Crippen LogP contribution in [-0.2, 0) is 9.47 Å². The van der Waals surface area contributed by atoms with Crippen molar-refractivity contribution in [1.82, 2.24) is 0 Å². The molecular formula is C21H32O3. The Bertz CT molecular complexity index is 518. The number of rotatable bonds is 5. The van der Waals surface area contributed by atoms with E-state index in [0.717, 1.165) is 31.5 Å². The highest BCUT2D eigenvalue weighted by Crippen LogP contribution is 2.45. The fraction of sp³-hybridized carbons (Fsp3) is 0.714. The first-order chi connectivity index (χ1) is 11.5. The highest BCUT2D eigenvalue weighted by molar-refractivity contribution is 5.26. The number of ether oxygens (including phenoxy) is 3. The fourth-order valence-corrected chi connectivity index (χ4v) is 4.38. The normalized spacial score (nSPS) is 30.9. The predicted molar refractivity (Wildman–Crippen MR) is 96.1 cm³/mol. The fourth-order valence-electron chi connectivity index (χ4n) is 4.38. The maximum atomic E-state index is 6.05. The Morgan fingerprint density at radius 2 is 1.83 bits per heavy atom. The predicted octanol–water partition coefficient (Wildman–Crippen LogP) is 4.83. The number of aryl methyl sites for hydroxylation is 1. The van der Waals surface area contributed by atoms with Crippen molar-refractivity contribution in [2.75, 3.05) is 19.8 Å². The topological polar surface area (TPSA) is 27.7 Å². The van der Waals surface area contributed by atoms with Crippen LogP contribution in [0.25, 0.3) is 0 Å². The third-order valence-corrected chi connectivity index (χ3v) is 6.13. The van der Waals surface area contributed by atoms with Crippen molar-refractivity contribution in [3.63, 3.8) is 0 Å². The second-order valence-electron chi connectivity index (χ2n) is 7.97. The number of benzene rings is 1. The molecule has 3 nitrogen and oxygen atoms in total. The van der Waals surface area contributed by atoms with Gasteiger partial charge in [-0.1, -0.05) is 31.5 Å². The highest BCUT2D eigenvalue weighted by Gasteiger charge is 2.44. The van der Waals surface area contributed by atoms with E-state index in [1.54, 1.807) is 0 Å². The molecule has 3 rings (SSSR count). The minimum atomic E-state index is -0.365. The van der Waals surface area contributed by atoms with E-state index in [2.05, 4.69) is 52.0 Å². The van der Waals surface area contributed by atoms with Crippen LogP contribution in [0.1, 0.15) is 45.6 Å². The Labute approximate surface area is 146 Å². The van der Waals surface area contributed by atoms with Gasteiger partial charge in [-0.05, 0) is 63.0 Å². The van der Waals surface area contributed by atoms with Crippen LogP contribution >= 0.6 is 0 Å². The van der Waals surface area contributed by atoms with Crippen LogP contribution in [0.5, 0.6) is 5.75 Å². The van der Waals surface area contributed by atoms with Gasteiger partial charge >= 0.3 is 0 Å². The molecule has 1 saturated carbocycles. The van der Waals surface area contributed by atoms with E-state index in [1.807, 2.05) is 0 Å². The van der Waals surface area contributed by atoms with Crippen molar-refractivity contribution in [1.29, 1.82) is 0 Å². The molecule has 1 saturated heterocycles. The molecule has 0 bridgehead atoms. The molecule has 0 N–H and O–H groups in total. The molecule has 1 aromatic carbocycles. The van der Waals surface area contributed by atoms with Gasteiger partial charge in [-0.2, -0.15) is 0 Å². The minimum Gasteiger partial charge on any atom is -0.493 e. The van der Waals surface area contributed by atoms with Crippen LogP contribution in [0, 0.1) is 30.6 Å². The van der Waals surface area contributed by atoms with Gasteiger partial charge in [0.2, 0.25) is 0 Å². The number of hydrogen-bond acceptors (Lipinski definition) is 3. The van der Waals surface area contributed by atoms with Gasteiger partial charge in [-0.25, -0.2) is 0 Å². The quantitative estimate of drug-likeness (QED) is 0.773. The SMILES string of the molecule is Cc1ccc(OC[C@@H](C)[C@H]2C[C@@H](C3(C)OCCO3)CC[C@H]2C)cc1. The molecule has 1 heterocycles. The monoisotopic (exact) mass is 332 g/mol. The van der Waals surface area contributed by atoms with E-state index in [0.29, 0.717) is 17.8 Å². The molecule has 0 aromatic heterocycles. The van der Waals surface area contributed by atoms with Crippen LogP contribution in [0.3, 0.4) is 0 Å². The first kappa shape index (κ1) is 17.8. The van der Waals surface area contributed by atoms with Crippen LogP contribution in [0.15, 0.2) is 24.3 Å². The van der Waals surface area contributed by atoms with Crippen molar-refractivity contribution in [2.24, 2.45) is 23.7 Å². The first-order valence-electron chi connectivity index (χ1n) is 9.45. The summed E-state index contributed by atoms with van der Waals surface area (Å²) in [4.78, 5) is 0. The molecule has 4 atom stereocenters. The Morgan fingerprint density at radius 1 is 1.17 bits per heavy atom. The average Bonchev–Trinajstić information content (AvgIpc) is 3.02. The highest BCUT2D eigenvalue weighted by atomic mass is 16.7. The Balaban J connectivity index is 1.57. The Morgan fingerprint density at radius 3 is 2.50 bits per heavy atom. The molecule has 2 fully saturated rings. The van der Waals surface area contributed by atoms with E-state index in [9.17, 15) is 0 Å². The molecule has 0 amide bonds. The van der Waals surface area contributed by atoms with Crippen molar-refractivity contribution in [3.8, 4) is 5.75 Å². The van der Waals surface area contributed by atoms with Crippen LogP contribution in [0.2, 0.25) is 0 Å². The molecule has 0 spiro atoms. The molecule has 24 heavy (non-hydrogen) atoms. The Kier molecular flexibility index (Phi) is 5.51. The molecule has 134 valence electrons. The van der Waals surface area contributed by atoms with Crippen molar-refractivity contribution < 1.29 is 14.2 Å². The zero-order valence-corrected chi connectivity index (χ0v) is 15.6. The summed E-state index contributed by atoms with van der Waals surface area (Å²) in [6.45, 7) is 11.2. The zero-order chi connectivity index (χ0) is 17.2. The molecule has 1 aromatic rings. The third-order valence-electron chi connectivity index (χ3n) is 6.13. The molecule has 1 aliphatic heterocycles. The van der Waals surface area contributed by atoms with Crippen molar-refractivity contribution in [2.45, 2.75) is 52.7 Å². The molecule has 3 heteroatoms. The van der Waals surface area contributed by atoms with Gasteiger partial charge in [-0.15, -0.1) is 0 Å². The van der Waals surface area contributed by atoms with Gasteiger partial charge in [0.15, 0.2) is 5.79 Å². The second kappa shape index (κ2) is 7.45. The lowest BCUT2D eigenvalue weighted by Crippen LogP contribution is -2.42. The lowest BCUT2D eigenvalue weighted by Gasteiger charge is -2.43. The summed E-state index contributed by atoms with van der Waals surface area (Å²) in [6.07, 6.45) is 3.64. The van der Waals surface area contributed by atoms with Gasteiger partial charge in [0.1, 0.15) is 5.75 Å². The lowest BCUT2D eigenvalue weighted by molar-refractivity contribution is -0.195. The van der Waals surface area contributed by atoms with Crippen LogP contribution < -0.4 is 4.74 Å². The summed E-state index contributed by atoms with van der Waals surface area (Å²) in [5.74, 6) is 3.05. The second-order valence-corrected chi connectivity index (χ2v) is 7.97. The summed E-state index contributed by atoms with van der Waals surface area (Å²) in [5, 5.41) is 0. The third kappa shape index (κ3) is 3.94. The molecule has 0 unspecified atom stereocenters. The largest absolute Gasteiger partial charge is 0.493 e. The maximum absolute atomic E-state index is 6.05. The van der Waals surface area contributed by atoms with E-state index >= 15 is 0 Å². The van der Waals surface area contributed by atoms with Crippen LogP contribution in [-0.4, -0.2) is 25.6 Å². The first-order valence-corrected chi connectivity index (χ1v) is 9.45. The van der Waals surface area contributed by atoms with E-state index in [4.69, 9.17) is 14.2 Å². The van der Waals surface area contributed by atoms with Gasteiger partial charge in [-0.3, -0.25) is 0 Å². The summed E-state index contributed by atoms with van der Waals surface area (Å²) >= 11 is 0. The lowest BCUT2D eigenvalue weighted by atomic mass is 9.68. The summed E-state index contributed by atoms with van der Waals surface area (Å²) < 4.78 is 17.9. The molecule has 0 radical (unpaired) electrons. The summed E-state index contributed by atoms with van der Waals surface area (Å²) in [6, 6.07) is 8.34. The summed E-state index contributed by atoms with van der Waals surface area (Å²) in [7, 11) is 0. The van der Waals surface area contributed by atoms with Crippen LogP contribution in [0.4, 0.5) is 0 Å². The van der Waals surface area contributed by atoms with E-state index in [1.165, 1.54) is 24.8 Å². The molecule has 2 aliphatic rings. The average molecular weight is 332 g/mol. The Hall–Kier alpha value is -1.06. The van der Waals surface area contributed by atoms with Gasteiger partial charge in [0.25, 0.3) is 0 Å². The maximum Gasteiger partial charge on any atom is 0.168 e. The smallest absolute Gasteiger partial charge is 0.168 e. The van der Waals surface area contributed by atoms with Gasteiger partial charge in [0, 0.05) is 5.92 Å². The van der Waals surface area contributed by atoms with Crippen molar-refractivity contribution in [3.05, 3.63) is 29.8 Å². The molecule has 1 aliphatic carbocycles. The van der Waals surface area contributed by atoms with Gasteiger partial charge < -0.3 is 14.2 Å². The zero-order valence-electron chi connectivity index (χ0n) is 15.6. The van der Waals surface area contributed by atoms with Crippen molar-refractivity contribution >= 4 is 0 Å². The standard InChI is InChI=1S/C21H32O3/c1-15-5-9-19(10-6-15)22-14-17(3)20-13-18(8-7-16(20)2)21(4)23-11-12-24-21/h5-6,9-10,16-18,20H,7-8,11-14H2,1-4H3/t16-,17-,18+,20+/m1/s1.